The average Bonchev–Trinajstić information content (AvgIpc) is 3.24. The Morgan fingerprint density at radius 1 is 1.07 bits per heavy atom. The highest BCUT2D eigenvalue weighted by Crippen LogP contribution is 2.38. The molecule has 2 N–H and O–H groups in total. The Labute approximate surface area is 174 Å². The fourth-order valence-corrected chi connectivity index (χ4v) is 4.12. The number of hydrogen-bond acceptors (Lipinski definition) is 5. The molecule has 0 radical (unpaired) electrons. The number of rotatable bonds is 7. The molecule has 2 aromatic carbocycles. The topological polar surface area (TPSA) is 97.2 Å². The van der Waals surface area contributed by atoms with Gasteiger partial charge in [0.05, 0.1) is 0 Å². The molecule has 0 spiro atoms. The maximum Gasteiger partial charge on any atom is 0.439 e. The van der Waals surface area contributed by atoms with Gasteiger partial charge in [0, 0.05) is 17.5 Å². The quantitative estimate of drug-likeness (QED) is 0.625. The summed E-state index contributed by atoms with van der Waals surface area (Å²) in [5.74, 6) is 0.173. The number of H-pyrrole nitrogens is 1. The smallest absolute Gasteiger partial charge is 0.439 e. The van der Waals surface area contributed by atoms with Crippen LogP contribution < -0.4 is 15.8 Å². The zero-order valence-electron chi connectivity index (χ0n) is 16.7. The van der Waals surface area contributed by atoms with Crippen molar-refractivity contribution in [1.29, 1.82) is 0 Å². The SMILES string of the molecule is O=C(COc1ccc(-c2noc(=O)[nH]2)cc1)NCC1(c2ccccc2)CCCCC1. The molecule has 0 saturated heterocycles. The van der Waals surface area contributed by atoms with Gasteiger partial charge < -0.3 is 10.1 Å². The van der Waals surface area contributed by atoms with Gasteiger partial charge in [-0.25, -0.2) is 4.79 Å². The van der Waals surface area contributed by atoms with E-state index >= 15 is 0 Å². The van der Waals surface area contributed by atoms with E-state index in [0.717, 1.165) is 12.8 Å². The largest absolute Gasteiger partial charge is 0.484 e. The molecule has 156 valence electrons. The van der Waals surface area contributed by atoms with Crippen LogP contribution in [0, 0.1) is 0 Å². The van der Waals surface area contributed by atoms with Crippen molar-refractivity contribution >= 4 is 5.91 Å². The minimum Gasteiger partial charge on any atom is -0.484 e. The molecule has 1 aliphatic rings. The lowest BCUT2D eigenvalue weighted by Crippen LogP contribution is -2.43. The number of aromatic amines is 1. The van der Waals surface area contributed by atoms with Crippen molar-refractivity contribution in [3.8, 4) is 17.1 Å². The third-order valence-corrected chi connectivity index (χ3v) is 5.76. The first-order valence-electron chi connectivity index (χ1n) is 10.3. The monoisotopic (exact) mass is 407 g/mol. The lowest BCUT2D eigenvalue weighted by atomic mass is 9.69. The lowest BCUT2D eigenvalue weighted by Gasteiger charge is -2.38. The number of ether oxygens (including phenoxy) is 1. The number of aromatic nitrogens is 2. The molecule has 1 saturated carbocycles. The average molecular weight is 407 g/mol. The van der Waals surface area contributed by atoms with Crippen LogP contribution >= 0.6 is 0 Å². The number of carbonyl (C=O) groups is 1. The Hall–Kier alpha value is -3.35. The summed E-state index contributed by atoms with van der Waals surface area (Å²) in [6.07, 6.45) is 5.80. The molecule has 3 aromatic rings. The van der Waals surface area contributed by atoms with Crippen LogP contribution in [0.3, 0.4) is 0 Å². The van der Waals surface area contributed by atoms with E-state index in [9.17, 15) is 9.59 Å². The highest BCUT2D eigenvalue weighted by Gasteiger charge is 2.34. The fraction of sp³-hybridized carbons (Fsp3) is 0.348. The van der Waals surface area contributed by atoms with Gasteiger partial charge in [-0.05, 0) is 42.7 Å². The molecule has 1 aromatic heterocycles. The van der Waals surface area contributed by atoms with Gasteiger partial charge in [-0.3, -0.25) is 14.3 Å². The zero-order chi connectivity index (χ0) is 20.8. The Morgan fingerprint density at radius 2 is 1.80 bits per heavy atom. The van der Waals surface area contributed by atoms with Crippen LogP contribution in [0.4, 0.5) is 0 Å². The van der Waals surface area contributed by atoms with Gasteiger partial charge in [-0.1, -0.05) is 54.8 Å². The molecule has 7 nitrogen and oxygen atoms in total. The number of benzene rings is 2. The van der Waals surface area contributed by atoms with Crippen molar-refractivity contribution in [3.63, 3.8) is 0 Å². The van der Waals surface area contributed by atoms with Gasteiger partial charge in [0.2, 0.25) is 0 Å². The Balaban J connectivity index is 1.32. The molecule has 1 aliphatic carbocycles. The molecule has 1 heterocycles. The highest BCUT2D eigenvalue weighted by molar-refractivity contribution is 5.77. The molecule has 1 amide bonds. The van der Waals surface area contributed by atoms with Crippen LogP contribution in [-0.4, -0.2) is 29.2 Å². The van der Waals surface area contributed by atoms with Crippen LogP contribution in [0.1, 0.15) is 37.7 Å². The summed E-state index contributed by atoms with van der Waals surface area (Å²) in [6.45, 7) is 0.572. The van der Waals surface area contributed by atoms with E-state index in [0.29, 0.717) is 23.7 Å². The molecule has 1 fully saturated rings. The number of nitrogens with one attached hydrogen (secondary N) is 2. The molecular weight excluding hydrogens is 382 g/mol. The van der Waals surface area contributed by atoms with Crippen LogP contribution in [0.25, 0.3) is 11.4 Å². The van der Waals surface area contributed by atoms with Gasteiger partial charge in [-0.2, -0.15) is 0 Å². The van der Waals surface area contributed by atoms with Gasteiger partial charge in [0.15, 0.2) is 12.4 Å². The minimum atomic E-state index is -0.603. The molecule has 0 atom stereocenters. The predicted octanol–water partition coefficient (Wildman–Crippen LogP) is 3.43. The van der Waals surface area contributed by atoms with E-state index in [2.05, 4.69) is 44.2 Å². The molecule has 7 heteroatoms. The van der Waals surface area contributed by atoms with E-state index in [1.807, 2.05) is 6.07 Å². The number of nitrogens with zero attached hydrogens (tertiary/aromatic N) is 1. The molecule has 0 bridgehead atoms. The van der Waals surface area contributed by atoms with Crippen molar-refractivity contribution in [2.24, 2.45) is 0 Å². The Morgan fingerprint density at radius 3 is 2.47 bits per heavy atom. The molecule has 0 unspecified atom stereocenters. The standard InChI is InChI=1S/C23H25N3O4/c27-20(15-29-19-11-9-17(10-12-19)21-25-22(28)30-26-21)24-16-23(13-5-2-6-14-23)18-7-3-1-4-8-18/h1,3-4,7-12H,2,5-6,13-16H2,(H,24,27)(H,25,26,28). The van der Waals surface area contributed by atoms with E-state index < -0.39 is 5.76 Å². The second kappa shape index (κ2) is 8.98. The summed E-state index contributed by atoms with van der Waals surface area (Å²) in [5, 5.41) is 6.72. The van der Waals surface area contributed by atoms with Crippen molar-refractivity contribution in [2.45, 2.75) is 37.5 Å². The summed E-state index contributed by atoms with van der Waals surface area (Å²) in [6, 6.07) is 17.4. The first-order chi connectivity index (χ1) is 14.6. The molecule has 0 aliphatic heterocycles. The van der Waals surface area contributed by atoms with Gasteiger partial charge in [-0.15, -0.1) is 0 Å². The number of amides is 1. The van der Waals surface area contributed by atoms with E-state index in [1.54, 1.807) is 24.3 Å². The van der Waals surface area contributed by atoms with E-state index in [4.69, 9.17) is 4.74 Å². The van der Waals surface area contributed by atoms with Gasteiger partial charge in [0.25, 0.3) is 5.91 Å². The second-order valence-corrected chi connectivity index (χ2v) is 7.74. The third-order valence-electron chi connectivity index (χ3n) is 5.76. The predicted molar refractivity (Wildman–Crippen MR) is 112 cm³/mol. The molecular formula is C23H25N3O4. The molecule has 4 rings (SSSR count). The van der Waals surface area contributed by atoms with Crippen LogP contribution in [0.15, 0.2) is 63.9 Å². The Bertz CT molecular complexity index is 1020. The first-order valence-corrected chi connectivity index (χ1v) is 10.3. The Kier molecular flexibility index (Phi) is 5.97. The number of carbonyl (C=O) groups excluding carboxylic acids is 1. The summed E-state index contributed by atoms with van der Waals surface area (Å²) in [5.41, 5.74) is 2.00. The van der Waals surface area contributed by atoms with Crippen LogP contribution in [0.5, 0.6) is 5.75 Å². The zero-order valence-corrected chi connectivity index (χ0v) is 16.7. The fourth-order valence-electron chi connectivity index (χ4n) is 4.12. The van der Waals surface area contributed by atoms with Crippen molar-refractivity contribution < 1.29 is 14.1 Å². The normalized spacial score (nSPS) is 15.5. The minimum absolute atomic E-state index is 0.00529. The maximum absolute atomic E-state index is 12.4. The summed E-state index contributed by atoms with van der Waals surface area (Å²) in [4.78, 5) is 26.0. The second-order valence-electron chi connectivity index (χ2n) is 7.74. The van der Waals surface area contributed by atoms with E-state index in [1.165, 1.54) is 24.8 Å². The van der Waals surface area contributed by atoms with Crippen LogP contribution in [-0.2, 0) is 10.2 Å². The summed E-state index contributed by atoms with van der Waals surface area (Å²) < 4.78 is 10.1. The van der Waals surface area contributed by atoms with Crippen LogP contribution in [0.2, 0.25) is 0 Å². The lowest BCUT2D eigenvalue weighted by molar-refractivity contribution is -0.123. The maximum atomic E-state index is 12.4. The van der Waals surface area contributed by atoms with E-state index in [-0.39, 0.29) is 17.9 Å². The van der Waals surface area contributed by atoms with Gasteiger partial charge in [0.1, 0.15) is 5.75 Å². The van der Waals surface area contributed by atoms with Crippen molar-refractivity contribution in [3.05, 3.63) is 70.7 Å². The van der Waals surface area contributed by atoms with Gasteiger partial charge >= 0.3 is 5.76 Å². The van der Waals surface area contributed by atoms with Crippen molar-refractivity contribution in [1.82, 2.24) is 15.5 Å². The molecule has 30 heavy (non-hydrogen) atoms. The highest BCUT2D eigenvalue weighted by atomic mass is 16.5. The summed E-state index contributed by atoms with van der Waals surface area (Å²) >= 11 is 0. The number of hydrogen-bond donors (Lipinski definition) is 2. The summed E-state index contributed by atoms with van der Waals surface area (Å²) in [7, 11) is 0. The third kappa shape index (κ3) is 4.62. The van der Waals surface area contributed by atoms with Crippen molar-refractivity contribution in [2.75, 3.05) is 13.2 Å². The first kappa shape index (κ1) is 19.9.